The first-order chi connectivity index (χ1) is 6.83. The lowest BCUT2D eigenvalue weighted by Crippen LogP contribution is -2.58. The summed E-state index contributed by atoms with van der Waals surface area (Å²) in [6.45, 7) is 7.20. The van der Waals surface area contributed by atoms with Gasteiger partial charge in [0.25, 0.3) is 0 Å². The molecule has 1 aliphatic heterocycles. The van der Waals surface area contributed by atoms with E-state index in [0.29, 0.717) is 0 Å². The van der Waals surface area contributed by atoms with Crippen molar-refractivity contribution in [2.75, 3.05) is 19.6 Å². The van der Waals surface area contributed by atoms with E-state index < -0.39 is 0 Å². The summed E-state index contributed by atoms with van der Waals surface area (Å²) in [5, 5.41) is 7.02. The minimum absolute atomic E-state index is 0.0965. The zero-order valence-corrected chi connectivity index (χ0v) is 9.21. The van der Waals surface area contributed by atoms with Crippen LogP contribution in [0.1, 0.15) is 26.7 Å². The van der Waals surface area contributed by atoms with Crippen molar-refractivity contribution < 1.29 is 0 Å². The van der Waals surface area contributed by atoms with Gasteiger partial charge in [0, 0.05) is 6.21 Å². The quantitative estimate of drug-likeness (QED) is 0.627. The molecule has 0 aromatic heterocycles. The van der Waals surface area contributed by atoms with Crippen LogP contribution in [0.25, 0.3) is 0 Å². The molecule has 2 N–H and O–H groups in total. The first kappa shape index (κ1) is 11.4. The summed E-state index contributed by atoms with van der Waals surface area (Å²) >= 11 is 0. The van der Waals surface area contributed by atoms with Crippen LogP contribution >= 0.6 is 0 Å². The summed E-state index contributed by atoms with van der Waals surface area (Å²) in [4.78, 5) is 4.30. The van der Waals surface area contributed by atoms with Gasteiger partial charge >= 0.3 is 0 Å². The number of dihydropyridines is 1. The van der Waals surface area contributed by atoms with Crippen molar-refractivity contribution in [2.45, 2.75) is 32.4 Å². The predicted octanol–water partition coefficient (Wildman–Crippen LogP) is 1.32. The second-order valence-electron chi connectivity index (χ2n) is 3.67. The van der Waals surface area contributed by atoms with E-state index in [1.54, 1.807) is 0 Å². The van der Waals surface area contributed by atoms with Gasteiger partial charge in [-0.05, 0) is 38.1 Å². The fourth-order valence-corrected chi connectivity index (χ4v) is 1.51. The Bertz CT molecular complexity index is 201. The normalized spacial score (nSPS) is 18.7. The standard InChI is InChI=1S/C11H21N3/c1-3-7-13-11(14-8-4-2)6-5-9-12-10-11/h5-6,9,13-14H,3-4,7-8,10H2,1-2H3. The molecular formula is C11H21N3. The van der Waals surface area contributed by atoms with Crippen LogP contribution in [0.5, 0.6) is 0 Å². The van der Waals surface area contributed by atoms with E-state index in [0.717, 1.165) is 32.5 Å². The van der Waals surface area contributed by atoms with Crippen LogP contribution in [0.2, 0.25) is 0 Å². The van der Waals surface area contributed by atoms with Crippen LogP contribution in [0, 0.1) is 0 Å². The molecule has 0 amide bonds. The number of nitrogens with one attached hydrogen (secondary N) is 2. The van der Waals surface area contributed by atoms with Gasteiger partial charge in [0.1, 0.15) is 5.66 Å². The van der Waals surface area contributed by atoms with E-state index in [1.165, 1.54) is 0 Å². The second kappa shape index (κ2) is 5.94. The van der Waals surface area contributed by atoms with Gasteiger partial charge in [0.05, 0.1) is 6.54 Å². The highest BCUT2D eigenvalue weighted by atomic mass is 15.2. The number of hydrogen-bond acceptors (Lipinski definition) is 3. The molecule has 1 rings (SSSR count). The lowest BCUT2D eigenvalue weighted by Gasteiger charge is -2.33. The molecule has 14 heavy (non-hydrogen) atoms. The van der Waals surface area contributed by atoms with E-state index in [-0.39, 0.29) is 5.66 Å². The van der Waals surface area contributed by atoms with Gasteiger partial charge in [-0.25, -0.2) is 0 Å². The smallest absolute Gasteiger partial charge is 0.108 e. The fraction of sp³-hybridized carbons (Fsp3) is 0.727. The van der Waals surface area contributed by atoms with Crippen molar-refractivity contribution in [3.8, 4) is 0 Å². The molecule has 0 saturated carbocycles. The molecule has 0 aromatic carbocycles. The lowest BCUT2D eigenvalue weighted by atomic mass is 10.1. The average Bonchev–Trinajstić information content (AvgIpc) is 2.25. The maximum absolute atomic E-state index is 4.30. The molecule has 0 unspecified atom stereocenters. The van der Waals surface area contributed by atoms with E-state index in [4.69, 9.17) is 0 Å². The molecule has 0 atom stereocenters. The van der Waals surface area contributed by atoms with Gasteiger partial charge in [-0.3, -0.25) is 15.6 Å². The van der Waals surface area contributed by atoms with Crippen LogP contribution in [-0.4, -0.2) is 31.5 Å². The van der Waals surface area contributed by atoms with Crippen molar-refractivity contribution in [3.63, 3.8) is 0 Å². The van der Waals surface area contributed by atoms with Crippen molar-refractivity contribution in [1.82, 2.24) is 10.6 Å². The number of aliphatic imine (C=N–C) groups is 1. The summed E-state index contributed by atoms with van der Waals surface area (Å²) in [6, 6.07) is 0. The summed E-state index contributed by atoms with van der Waals surface area (Å²) < 4.78 is 0. The van der Waals surface area contributed by atoms with Crippen molar-refractivity contribution in [3.05, 3.63) is 12.2 Å². The Hall–Kier alpha value is -0.670. The number of allylic oxidation sites excluding steroid dienone is 1. The van der Waals surface area contributed by atoms with Crippen LogP contribution in [0.4, 0.5) is 0 Å². The molecule has 0 bridgehead atoms. The zero-order valence-electron chi connectivity index (χ0n) is 9.21. The summed E-state index contributed by atoms with van der Waals surface area (Å²) in [6.07, 6.45) is 8.33. The Labute approximate surface area is 86.7 Å². The Morgan fingerprint density at radius 1 is 1.21 bits per heavy atom. The highest BCUT2D eigenvalue weighted by Gasteiger charge is 2.25. The number of nitrogens with zero attached hydrogens (tertiary/aromatic N) is 1. The van der Waals surface area contributed by atoms with E-state index in [1.807, 2.05) is 12.3 Å². The SMILES string of the molecule is CCCNC1(NCCC)C=CC=NC1. The maximum Gasteiger partial charge on any atom is 0.108 e. The van der Waals surface area contributed by atoms with E-state index in [2.05, 4.69) is 35.5 Å². The van der Waals surface area contributed by atoms with Crippen molar-refractivity contribution in [2.24, 2.45) is 4.99 Å². The maximum atomic E-state index is 4.30. The lowest BCUT2D eigenvalue weighted by molar-refractivity contribution is 0.332. The Kier molecular flexibility index (Phi) is 4.84. The molecule has 3 heteroatoms. The highest BCUT2D eigenvalue weighted by Crippen LogP contribution is 2.07. The van der Waals surface area contributed by atoms with Crippen LogP contribution in [-0.2, 0) is 0 Å². The fourth-order valence-electron chi connectivity index (χ4n) is 1.51. The van der Waals surface area contributed by atoms with Gasteiger partial charge in [-0.1, -0.05) is 13.8 Å². The second-order valence-corrected chi connectivity index (χ2v) is 3.67. The molecular weight excluding hydrogens is 174 g/mol. The van der Waals surface area contributed by atoms with Crippen molar-refractivity contribution >= 4 is 6.21 Å². The third-order valence-corrected chi connectivity index (χ3v) is 2.29. The summed E-state index contributed by atoms with van der Waals surface area (Å²) in [5.74, 6) is 0. The van der Waals surface area contributed by atoms with Gasteiger partial charge in [-0.2, -0.15) is 0 Å². The van der Waals surface area contributed by atoms with Gasteiger partial charge < -0.3 is 0 Å². The number of rotatable bonds is 6. The number of hydrogen-bond donors (Lipinski definition) is 2. The molecule has 0 aliphatic carbocycles. The topological polar surface area (TPSA) is 36.4 Å². The third-order valence-electron chi connectivity index (χ3n) is 2.29. The Morgan fingerprint density at radius 2 is 1.86 bits per heavy atom. The van der Waals surface area contributed by atoms with Crippen LogP contribution < -0.4 is 10.6 Å². The third kappa shape index (κ3) is 3.24. The molecule has 1 aliphatic rings. The average molecular weight is 195 g/mol. The summed E-state index contributed by atoms with van der Waals surface area (Å²) in [7, 11) is 0. The van der Waals surface area contributed by atoms with Gasteiger partial charge in [0.15, 0.2) is 0 Å². The largest absolute Gasteiger partial charge is 0.294 e. The van der Waals surface area contributed by atoms with Crippen LogP contribution in [0.15, 0.2) is 17.1 Å². The van der Waals surface area contributed by atoms with E-state index >= 15 is 0 Å². The Morgan fingerprint density at radius 3 is 2.29 bits per heavy atom. The molecule has 1 heterocycles. The molecule has 0 saturated heterocycles. The zero-order chi connectivity index (χ0) is 10.3. The predicted molar refractivity (Wildman–Crippen MR) is 61.8 cm³/mol. The minimum Gasteiger partial charge on any atom is -0.294 e. The van der Waals surface area contributed by atoms with Crippen molar-refractivity contribution in [1.29, 1.82) is 0 Å². The van der Waals surface area contributed by atoms with Gasteiger partial charge in [0.2, 0.25) is 0 Å². The van der Waals surface area contributed by atoms with Crippen LogP contribution in [0.3, 0.4) is 0 Å². The first-order valence-electron chi connectivity index (χ1n) is 5.50. The monoisotopic (exact) mass is 195 g/mol. The molecule has 0 radical (unpaired) electrons. The molecule has 3 nitrogen and oxygen atoms in total. The Balaban J connectivity index is 2.50. The van der Waals surface area contributed by atoms with E-state index in [9.17, 15) is 0 Å². The molecule has 0 aromatic rings. The highest BCUT2D eigenvalue weighted by molar-refractivity contribution is 5.72. The van der Waals surface area contributed by atoms with Gasteiger partial charge in [-0.15, -0.1) is 0 Å². The molecule has 80 valence electrons. The molecule has 0 spiro atoms. The summed E-state index contributed by atoms with van der Waals surface area (Å²) in [5.41, 5.74) is -0.0965. The minimum atomic E-state index is -0.0965. The molecule has 0 fully saturated rings. The first-order valence-corrected chi connectivity index (χ1v) is 5.50.